The van der Waals surface area contributed by atoms with Crippen LogP contribution in [-0.2, 0) is 33.3 Å². The summed E-state index contributed by atoms with van der Waals surface area (Å²) in [4.78, 5) is 36.8. The Labute approximate surface area is 339 Å². The molecule has 56 heavy (non-hydrogen) atoms. The summed E-state index contributed by atoms with van der Waals surface area (Å²) in [5.41, 5.74) is 0. The van der Waals surface area contributed by atoms with Crippen molar-refractivity contribution in [2.75, 3.05) is 13.2 Å². The van der Waals surface area contributed by atoms with Crippen LogP contribution in [0.4, 0.5) is 0 Å². The molecule has 6 atom stereocenters. The van der Waals surface area contributed by atoms with E-state index >= 15 is 0 Å². The monoisotopic (exact) mass is 799 g/mol. The molecule has 1 aliphatic rings. The van der Waals surface area contributed by atoms with E-state index in [1.54, 1.807) is 0 Å². The molecule has 4 N–H and O–H groups in total. The third-order valence-electron chi connectivity index (χ3n) is 10.6. The first-order valence-electron chi connectivity index (χ1n) is 22.7. The van der Waals surface area contributed by atoms with Crippen LogP contribution in [-0.4, -0.2) is 88.4 Å². The van der Waals surface area contributed by atoms with Gasteiger partial charge in [-0.1, -0.05) is 167 Å². The predicted molar refractivity (Wildman–Crippen MR) is 220 cm³/mol. The lowest BCUT2D eigenvalue weighted by Gasteiger charge is -2.38. The molecule has 11 heteroatoms. The summed E-state index contributed by atoms with van der Waals surface area (Å²) in [6.45, 7) is 3.81. The number of carbonyl (C=O) groups is 3. The molecule has 0 amide bonds. The summed E-state index contributed by atoms with van der Waals surface area (Å²) < 4.78 is 21.7. The second kappa shape index (κ2) is 36.1. The molecule has 11 nitrogen and oxygen atoms in total. The number of carboxylic acid groups (broad SMARTS) is 1. The van der Waals surface area contributed by atoms with Gasteiger partial charge in [0.25, 0.3) is 0 Å². The van der Waals surface area contributed by atoms with Gasteiger partial charge in [0.1, 0.15) is 24.9 Å². The van der Waals surface area contributed by atoms with E-state index in [4.69, 9.17) is 18.9 Å². The van der Waals surface area contributed by atoms with E-state index in [0.29, 0.717) is 12.8 Å². The van der Waals surface area contributed by atoms with Gasteiger partial charge in [0.05, 0.1) is 6.61 Å². The smallest absolute Gasteiger partial charge is 0.335 e. The number of rotatable bonds is 38. The number of hydrogen-bond donors (Lipinski definition) is 4. The highest BCUT2D eigenvalue weighted by Gasteiger charge is 2.47. The maximum atomic E-state index is 12.8. The summed E-state index contributed by atoms with van der Waals surface area (Å²) in [6, 6.07) is 0. The quantitative estimate of drug-likeness (QED) is 0.0267. The Kier molecular flexibility index (Phi) is 33.5. The zero-order valence-electron chi connectivity index (χ0n) is 35.4. The molecule has 1 heterocycles. The van der Waals surface area contributed by atoms with E-state index in [0.717, 1.165) is 57.8 Å². The zero-order chi connectivity index (χ0) is 41.1. The molecule has 0 saturated carbocycles. The Morgan fingerprint density at radius 3 is 1.39 bits per heavy atom. The lowest BCUT2D eigenvalue weighted by atomic mass is 9.99. The van der Waals surface area contributed by atoms with E-state index in [1.165, 1.54) is 109 Å². The van der Waals surface area contributed by atoms with Crippen molar-refractivity contribution in [3.63, 3.8) is 0 Å². The maximum absolute atomic E-state index is 12.8. The first kappa shape index (κ1) is 52.0. The number of aliphatic hydroxyl groups is 3. The summed E-state index contributed by atoms with van der Waals surface area (Å²) in [5.74, 6) is -2.44. The molecule has 0 bridgehead atoms. The fourth-order valence-electron chi connectivity index (χ4n) is 6.99. The van der Waals surface area contributed by atoms with Crippen LogP contribution in [0.3, 0.4) is 0 Å². The average molecular weight is 799 g/mol. The largest absolute Gasteiger partial charge is 0.479 e. The number of unbranched alkanes of at least 4 members (excludes halogenated alkanes) is 25. The van der Waals surface area contributed by atoms with Gasteiger partial charge < -0.3 is 39.4 Å². The molecule has 1 fully saturated rings. The topological polar surface area (TPSA) is 169 Å². The van der Waals surface area contributed by atoms with Gasteiger partial charge in [0.2, 0.25) is 0 Å². The summed E-state index contributed by atoms with van der Waals surface area (Å²) in [5, 5.41) is 39.8. The minimum atomic E-state index is -1.86. The van der Waals surface area contributed by atoms with Gasteiger partial charge in [-0.05, 0) is 38.5 Å². The van der Waals surface area contributed by atoms with Crippen molar-refractivity contribution in [2.24, 2.45) is 0 Å². The van der Waals surface area contributed by atoms with Crippen molar-refractivity contribution in [3.05, 3.63) is 12.2 Å². The van der Waals surface area contributed by atoms with Crippen molar-refractivity contribution in [1.82, 2.24) is 0 Å². The van der Waals surface area contributed by atoms with Crippen molar-refractivity contribution in [3.8, 4) is 0 Å². The summed E-state index contributed by atoms with van der Waals surface area (Å²) >= 11 is 0. The van der Waals surface area contributed by atoms with Gasteiger partial charge in [-0.3, -0.25) is 9.59 Å². The van der Waals surface area contributed by atoms with E-state index < -0.39 is 54.7 Å². The third-order valence-corrected chi connectivity index (χ3v) is 10.6. The second-order valence-corrected chi connectivity index (χ2v) is 15.9. The van der Waals surface area contributed by atoms with E-state index in [9.17, 15) is 34.8 Å². The number of esters is 2. The molecule has 0 radical (unpaired) electrons. The minimum absolute atomic E-state index is 0.187. The van der Waals surface area contributed by atoms with Crippen LogP contribution in [0.1, 0.15) is 206 Å². The number of ether oxygens (including phenoxy) is 4. The Morgan fingerprint density at radius 2 is 0.946 bits per heavy atom. The van der Waals surface area contributed by atoms with Gasteiger partial charge in [-0.2, -0.15) is 0 Å². The molecule has 1 saturated heterocycles. The first-order valence-corrected chi connectivity index (χ1v) is 22.7. The molecular formula is C45H82O11. The first-order chi connectivity index (χ1) is 27.2. The number of hydrogen-bond acceptors (Lipinski definition) is 10. The predicted octanol–water partition coefficient (Wildman–Crippen LogP) is 9.65. The highest BCUT2D eigenvalue weighted by atomic mass is 16.7. The second-order valence-electron chi connectivity index (χ2n) is 15.9. The van der Waals surface area contributed by atoms with Crippen molar-refractivity contribution < 1.29 is 53.8 Å². The van der Waals surface area contributed by atoms with E-state index in [1.807, 2.05) is 0 Å². The molecule has 0 aromatic rings. The van der Waals surface area contributed by atoms with Crippen LogP contribution in [0.2, 0.25) is 0 Å². The van der Waals surface area contributed by atoms with Gasteiger partial charge in [0, 0.05) is 12.8 Å². The fourth-order valence-corrected chi connectivity index (χ4v) is 6.99. The summed E-state index contributed by atoms with van der Waals surface area (Å²) in [7, 11) is 0. The molecule has 1 aliphatic heterocycles. The normalized spacial score (nSPS) is 20.3. The highest BCUT2D eigenvalue weighted by Crippen LogP contribution is 2.23. The van der Waals surface area contributed by atoms with Gasteiger partial charge in [-0.25, -0.2) is 4.79 Å². The molecule has 6 unspecified atom stereocenters. The Balaban J connectivity index is 2.36. The number of aliphatic hydroxyl groups excluding tert-OH is 3. The molecule has 0 aromatic carbocycles. The van der Waals surface area contributed by atoms with Gasteiger partial charge in [-0.15, -0.1) is 0 Å². The van der Waals surface area contributed by atoms with Gasteiger partial charge >= 0.3 is 17.9 Å². The van der Waals surface area contributed by atoms with Crippen molar-refractivity contribution in [1.29, 1.82) is 0 Å². The zero-order valence-corrected chi connectivity index (χ0v) is 35.4. The number of carbonyl (C=O) groups excluding carboxylic acids is 2. The number of aliphatic carboxylic acids is 1. The van der Waals surface area contributed by atoms with Gasteiger partial charge in [0.15, 0.2) is 18.5 Å². The Hall–Kier alpha value is -2.05. The van der Waals surface area contributed by atoms with Crippen LogP contribution >= 0.6 is 0 Å². The van der Waals surface area contributed by atoms with Crippen LogP contribution in [0.15, 0.2) is 12.2 Å². The standard InChI is InChI=1S/C45H82O11/c1-3-5-7-9-11-13-15-17-19-21-23-25-27-29-31-33-38(46)53-35-37(36-54-45-42(50)40(48)41(49)43(56-45)44(51)52)55-39(47)34-32-30-28-26-24-22-20-18-16-14-12-10-8-6-4-2/h17,19,37,40-43,45,48-50H,3-16,18,20-36H2,1-2H3,(H,51,52)/b19-17-. The SMILES string of the molecule is CCCCCCCC/C=C\CCCCCCCC(=O)OCC(COC1OC(C(=O)O)C(O)C(O)C1O)OC(=O)CCCCCCCCCCCCCCCCC. The number of allylic oxidation sites excluding steroid dienone is 2. The third kappa shape index (κ3) is 27.6. The Bertz CT molecular complexity index is 989. The van der Waals surface area contributed by atoms with Crippen LogP contribution in [0.5, 0.6) is 0 Å². The van der Waals surface area contributed by atoms with Crippen LogP contribution in [0.25, 0.3) is 0 Å². The summed E-state index contributed by atoms with van der Waals surface area (Å²) in [6.07, 6.45) is 28.3. The van der Waals surface area contributed by atoms with E-state index in [-0.39, 0.29) is 26.1 Å². The lowest BCUT2D eigenvalue weighted by molar-refractivity contribution is -0.298. The maximum Gasteiger partial charge on any atom is 0.335 e. The minimum Gasteiger partial charge on any atom is -0.479 e. The van der Waals surface area contributed by atoms with Crippen LogP contribution in [0, 0.1) is 0 Å². The molecule has 328 valence electrons. The average Bonchev–Trinajstić information content (AvgIpc) is 3.18. The van der Waals surface area contributed by atoms with Crippen LogP contribution < -0.4 is 0 Å². The highest BCUT2D eigenvalue weighted by molar-refractivity contribution is 5.73. The number of carboxylic acids is 1. The van der Waals surface area contributed by atoms with E-state index in [2.05, 4.69) is 26.0 Å². The Morgan fingerprint density at radius 1 is 0.536 bits per heavy atom. The fraction of sp³-hybridized carbons (Fsp3) is 0.889. The van der Waals surface area contributed by atoms with Crippen molar-refractivity contribution >= 4 is 17.9 Å². The lowest BCUT2D eigenvalue weighted by Crippen LogP contribution is -2.60. The van der Waals surface area contributed by atoms with Crippen molar-refractivity contribution in [2.45, 2.75) is 243 Å². The molecule has 1 rings (SSSR count). The molecule has 0 spiro atoms. The molecule has 0 aromatic heterocycles. The molecular weight excluding hydrogens is 716 g/mol. The molecule has 0 aliphatic carbocycles.